The summed E-state index contributed by atoms with van der Waals surface area (Å²) in [6.45, 7) is 2.45. The highest BCUT2D eigenvalue weighted by Gasteiger charge is 2.14. The lowest BCUT2D eigenvalue weighted by molar-refractivity contribution is 0.588. The van der Waals surface area contributed by atoms with Gasteiger partial charge in [0.25, 0.3) is 5.56 Å². The Labute approximate surface area is 126 Å². The van der Waals surface area contributed by atoms with E-state index in [1.807, 2.05) is 33.0 Å². The Morgan fingerprint density at radius 2 is 2.10 bits per heavy atom. The van der Waals surface area contributed by atoms with Gasteiger partial charge in [-0.25, -0.2) is 4.68 Å². The molecule has 0 saturated heterocycles. The lowest BCUT2D eigenvalue weighted by atomic mass is 10.3. The zero-order valence-corrected chi connectivity index (χ0v) is 13.7. The van der Waals surface area contributed by atoms with Crippen LogP contribution in [0.15, 0.2) is 21.5 Å². The fourth-order valence-corrected chi connectivity index (χ4v) is 2.66. The normalized spacial score (nSPS) is 10.8. The van der Waals surface area contributed by atoms with Gasteiger partial charge in [-0.2, -0.15) is 10.2 Å². The molecule has 6 nitrogen and oxygen atoms in total. The molecule has 0 amide bonds. The number of hydrogen-bond donors (Lipinski definition) is 0. The molecule has 2 rings (SSSR count). The van der Waals surface area contributed by atoms with E-state index in [0.29, 0.717) is 6.54 Å². The molecule has 7 heteroatoms. The van der Waals surface area contributed by atoms with Gasteiger partial charge in [0.05, 0.1) is 34.3 Å². The van der Waals surface area contributed by atoms with Crippen LogP contribution >= 0.6 is 15.9 Å². The van der Waals surface area contributed by atoms with Crippen LogP contribution in [-0.4, -0.2) is 33.7 Å². The Morgan fingerprint density at radius 1 is 1.40 bits per heavy atom. The Morgan fingerprint density at radius 3 is 2.60 bits per heavy atom. The first kappa shape index (κ1) is 14.8. The van der Waals surface area contributed by atoms with Crippen LogP contribution < -0.4 is 10.5 Å². The van der Waals surface area contributed by atoms with E-state index in [1.165, 1.54) is 4.68 Å². The van der Waals surface area contributed by atoms with E-state index < -0.39 is 0 Å². The second-order valence-electron chi connectivity index (χ2n) is 4.79. The van der Waals surface area contributed by atoms with Crippen LogP contribution in [0.3, 0.4) is 0 Å². The zero-order valence-electron chi connectivity index (χ0n) is 12.1. The Kier molecular flexibility index (Phi) is 4.27. The van der Waals surface area contributed by atoms with Crippen LogP contribution in [0.25, 0.3) is 0 Å². The molecule has 0 aliphatic carbocycles. The highest BCUT2D eigenvalue weighted by Crippen LogP contribution is 2.21. The van der Waals surface area contributed by atoms with Gasteiger partial charge in [0.2, 0.25) is 0 Å². The van der Waals surface area contributed by atoms with Gasteiger partial charge < -0.3 is 4.90 Å². The van der Waals surface area contributed by atoms with E-state index in [1.54, 1.807) is 16.9 Å². The van der Waals surface area contributed by atoms with Crippen molar-refractivity contribution in [3.63, 3.8) is 0 Å². The van der Waals surface area contributed by atoms with Gasteiger partial charge >= 0.3 is 0 Å². The van der Waals surface area contributed by atoms with Crippen LogP contribution in [0.4, 0.5) is 5.69 Å². The van der Waals surface area contributed by atoms with Crippen molar-refractivity contribution in [2.24, 2.45) is 7.05 Å². The SMILES string of the molecule is CCc1nn(C)c(Cn2ncc(N(C)C)cc2=O)c1Br. The third kappa shape index (κ3) is 2.77. The van der Waals surface area contributed by atoms with Crippen molar-refractivity contribution in [1.82, 2.24) is 19.6 Å². The molecule has 108 valence electrons. The summed E-state index contributed by atoms with van der Waals surface area (Å²) in [4.78, 5) is 13.9. The topological polar surface area (TPSA) is 56.0 Å². The predicted molar refractivity (Wildman–Crippen MR) is 82.2 cm³/mol. The fraction of sp³-hybridized carbons (Fsp3) is 0.462. The highest BCUT2D eigenvalue weighted by molar-refractivity contribution is 9.10. The molecule has 0 unspecified atom stereocenters. The van der Waals surface area contributed by atoms with Gasteiger partial charge in [0.1, 0.15) is 0 Å². The second-order valence-corrected chi connectivity index (χ2v) is 5.58. The van der Waals surface area contributed by atoms with Crippen molar-refractivity contribution in [3.05, 3.63) is 38.5 Å². The summed E-state index contributed by atoms with van der Waals surface area (Å²) in [6.07, 6.45) is 2.53. The molecule has 0 saturated carbocycles. The maximum absolute atomic E-state index is 12.1. The molecular weight excluding hydrogens is 322 g/mol. The molecule has 0 radical (unpaired) electrons. The second kappa shape index (κ2) is 5.78. The Hall–Kier alpha value is -1.63. The summed E-state index contributed by atoms with van der Waals surface area (Å²) in [7, 11) is 5.64. The minimum atomic E-state index is -0.123. The van der Waals surface area contributed by atoms with Crippen molar-refractivity contribution in [2.75, 3.05) is 19.0 Å². The smallest absolute Gasteiger partial charge is 0.269 e. The first-order valence-electron chi connectivity index (χ1n) is 6.38. The van der Waals surface area contributed by atoms with Gasteiger partial charge in [-0.15, -0.1) is 0 Å². The molecule has 2 aromatic heterocycles. The van der Waals surface area contributed by atoms with Crippen LogP contribution in [0.1, 0.15) is 18.3 Å². The molecule has 0 aliphatic heterocycles. The van der Waals surface area contributed by atoms with Gasteiger partial charge in [-0.1, -0.05) is 6.92 Å². The van der Waals surface area contributed by atoms with Crippen LogP contribution in [0.5, 0.6) is 0 Å². The first-order valence-corrected chi connectivity index (χ1v) is 7.18. The molecule has 0 atom stereocenters. The average Bonchev–Trinajstić information content (AvgIpc) is 2.67. The van der Waals surface area contributed by atoms with Crippen molar-refractivity contribution in [3.8, 4) is 0 Å². The molecular formula is C13H18BrN5O. The van der Waals surface area contributed by atoms with Crippen LogP contribution in [0, 0.1) is 0 Å². The van der Waals surface area contributed by atoms with Crippen molar-refractivity contribution < 1.29 is 0 Å². The van der Waals surface area contributed by atoms with Gasteiger partial charge in [-0.3, -0.25) is 9.48 Å². The third-order valence-corrected chi connectivity index (χ3v) is 4.09. The fourth-order valence-electron chi connectivity index (χ4n) is 1.92. The van der Waals surface area contributed by atoms with E-state index in [2.05, 4.69) is 26.1 Å². The maximum Gasteiger partial charge on any atom is 0.269 e. The zero-order chi connectivity index (χ0) is 14.9. The number of nitrogens with zero attached hydrogens (tertiary/aromatic N) is 5. The number of hydrogen-bond acceptors (Lipinski definition) is 4. The average molecular weight is 340 g/mol. The molecule has 2 heterocycles. The maximum atomic E-state index is 12.1. The van der Waals surface area contributed by atoms with Gasteiger partial charge in [-0.05, 0) is 22.4 Å². The lowest BCUT2D eigenvalue weighted by Gasteiger charge is -2.12. The third-order valence-electron chi connectivity index (χ3n) is 3.17. The summed E-state index contributed by atoms with van der Waals surface area (Å²) >= 11 is 3.55. The molecule has 0 aliphatic rings. The van der Waals surface area contributed by atoms with Gasteiger partial charge in [0.15, 0.2) is 0 Å². The summed E-state index contributed by atoms with van der Waals surface area (Å²) in [5, 5.41) is 8.63. The quantitative estimate of drug-likeness (QED) is 0.845. The van der Waals surface area contributed by atoms with Crippen molar-refractivity contribution in [1.29, 1.82) is 0 Å². The summed E-state index contributed by atoms with van der Waals surface area (Å²) in [5.41, 5.74) is 2.60. The van der Waals surface area contributed by atoms with E-state index in [4.69, 9.17) is 0 Å². The first-order chi connectivity index (χ1) is 9.43. The molecule has 0 aromatic carbocycles. The molecule has 0 bridgehead atoms. The minimum Gasteiger partial charge on any atom is -0.376 e. The van der Waals surface area contributed by atoms with E-state index in [0.717, 1.165) is 28.0 Å². The standard InChI is InChI=1S/C13H18BrN5O/c1-5-10-13(14)11(18(4)16-10)8-19-12(20)6-9(7-15-19)17(2)3/h6-7H,5,8H2,1-4H3. The summed E-state index contributed by atoms with van der Waals surface area (Å²) in [6, 6.07) is 1.58. The summed E-state index contributed by atoms with van der Waals surface area (Å²) in [5.74, 6) is 0. The Balaban J connectivity index is 2.36. The number of anilines is 1. The largest absolute Gasteiger partial charge is 0.376 e. The van der Waals surface area contributed by atoms with Gasteiger partial charge in [0, 0.05) is 27.2 Å². The molecule has 0 spiro atoms. The molecule has 0 fully saturated rings. The number of halogens is 1. The number of rotatable bonds is 4. The van der Waals surface area contributed by atoms with Crippen LogP contribution in [0.2, 0.25) is 0 Å². The van der Waals surface area contributed by atoms with E-state index in [9.17, 15) is 4.79 Å². The lowest BCUT2D eigenvalue weighted by Crippen LogP contribution is -2.25. The molecule has 0 N–H and O–H groups in total. The molecule has 20 heavy (non-hydrogen) atoms. The molecule has 2 aromatic rings. The van der Waals surface area contributed by atoms with E-state index in [-0.39, 0.29) is 5.56 Å². The number of aryl methyl sites for hydroxylation is 2. The minimum absolute atomic E-state index is 0.123. The van der Waals surface area contributed by atoms with Crippen molar-refractivity contribution in [2.45, 2.75) is 19.9 Å². The monoisotopic (exact) mass is 339 g/mol. The van der Waals surface area contributed by atoms with E-state index >= 15 is 0 Å². The van der Waals surface area contributed by atoms with Crippen molar-refractivity contribution >= 4 is 21.6 Å². The van der Waals surface area contributed by atoms with Crippen LogP contribution in [-0.2, 0) is 20.0 Å². The summed E-state index contributed by atoms with van der Waals surface area (Å²) < 4.78 is 4.18. The Bertz CT molecular complexity index is 674. The predicted octanol–water partition coefficient (Wildman–Crippen LogP) is 1.42. The number of aromatic nitrogens is 4. The highest BCUT2D eigenvalue weighted by atomic mass is 79.9.